The van der Waals surface area contributed by atoms with Gasteiger partial charge < -0.3 is 10.4 Å². The maximum absolute atomic E-state index is 11.8. The first-order valence-electron chi connectivity index (χ1n) is 7.02. The number of nitrogens with zero attached hydrogens (tertiary/aromatic N) is 2. The summed E-state index contributed by atoms with van der Waals surface area (Å²) in [7, 11) is 0. The Balaban J connectivity index is 2.21. The van der Waals surface area contributed by atoms with Crippen LogP contribution in [0.2, 0.25) is 0 Å². The summed E-state index contributed by atoms with van der Waals surface area (Å²) in [6, 6.07) is 9.55. The highest BCUT2D eigenvalue weighted by Gasteiger charge is 2.20. The number of aliphatic carboxylic acids is 1. The molecule has 1 heterocycles. The van der Waals surface area contributed by atoms with E-state index in [0.717, 1.165) is 22.6 Å². The standard InChI is InChI=1S/C16H19N3O3/c1-10-8-11(2)19(18-10)14-7-5-4-6-13(14)9-17-15(20)12(3)16(21)22/h4-8,12H,9H2,1-3H3,(H,17,20)(H,21,22). The van der Waals surface area contributed by atoms with Crippen LogP contribution in [0.1, 0.15) is 23.9 Å². The summed E-state index contributed by atoms with van der Waals surface area (Å²) >= 11 is 0. The van der Waals surface area contributed by atoms with Crippen LogP contribution in [-0.2, 0) is 16.1 Å². The normalized spacial score (nSPS) is 12.0. The maximum atomic E-state index is 11.8. The van der Waals surface area contributed by atoms with E-state index in [1.165, 1.54) is 6.92 Å². The minimum atomic E-state index is -1.13. The van der Waals surface area contributed by atoms with E-state index in [-0.39, 0.29) is 6.54 Å². The van der Waals surface area contributed by atoms with Crippen molar-refractivity contribution in [1.29, 1.82) is 0 Å². The number of hydrogen-bond acceptors (Lipinski definition) is 3. The molecule has 116 valence electrons. The van der Waals surface area contributed by atoms with Crippen LogP contribution in [0.4, 0.5) is 0 Å². The zero-order valence-corrected chi connectivity index (χ0v) is 12.8. The number of hydrogen-bond donors (Lipinski definition) is 2. The van der Waals surface area contributed by atoms with Crippen LogP contribution in [0.5, 0.6) is 0 Å². The quantitative estimate of drug-likeness (QED) is 0.825. The van der Waals surface area contributed by atoms with Gasteiger partial charge in [0.1, 0.15) is 5.92 Å². The summed E-state index contributed by atoms with van der Waals surface area (Å²) in [5.41, 5.74) is 3.65. The summed E-state index contributed by atoms with van der Waals surface area (Å²) in [6.45, 7) is 5.50. The zero-order valence-electron chi connectivity index (χ0n) is 12.8. The molecule has 0 radical (unpaired) electrons. The van der Waals surface area contributed by atoms with Crippen molar-refractivity contribution in [2.45, 2.75) is 27.3 Å². The zero-order chi connectivity index (χ0) is 16.3. The van der Waals surface area contributed by atoms with Crippen molar-refractivity contribution in [3.63, 3.8) is 0 Å². The lowest BCUT2D eigenvalue weighted by Crippen LogP contribution is -2.33. The number of nitrogens with one attached hydrogen (secondary N) is 1. The van der Waals surface area contributed by atoms with Crippen LogP contribution in [0, 0.1) is 19.8 Å². The van der Waals surface area contributed by atoms with Crippen molar-refractivity contribution in [2.75, 3.05) is 0 Å². The summed E-state index contributed by atoms with van der Waals surface area (Å²) in [6.07, 6.45) is 0. The topological polar surface area (TPSA) is 84.2 Å². The monoisotopic (exact) mass is 301 g/mol. The summed E-state index contributed by atoms with van der Waals surface area (Å²) in [4.78, 5) is 22.6. The number of carbonyl (C=O) groups excluding carboxylic acids is 1. The fourth-order valence-corrected chi connectivity index (χ4v) is 2.19. The number of benzene rings is 1. The smallest absolute Gasteiger partial charge is 0.315 e. The predicted molar refractivity (Wildman–Crippen MR) is 81.7 cm³/mol. The van der Waals surface area contributed by atoms with Crippen molar-refractivity contribution in [2.24, 2.45) is 5.92 Å². The van der Waals surface area contributed by atoms with Gasteiger partial charge >= 0.3 is 5.97 Å². The highest BCUT2D eigenvalue weighted by atomic mass is 16.4. The molecular weight excluding hydrogens is 282 g/mol. The minimum absolute atomic E-state index is 0.255. The second kappa shape index (κ2) is 6.43. The molecule has 0 saturated heterocycles. The number of carbonyl (C=O) groups is 2. The minimum Gasteiger partial charge on any atom is -0.481 e. The van der Waals surface area contributed by atoms with Gasteiger partial charge in [0.2, 0.25) is 5.91 Å². The summed E-state index contributed by atoms with van der Waals surface area (Å²) in [5, 5.41) is 15.9. The number of carboxylic acid groups (broad SMARTS) is 1. The van der Waals surface area contributed by atoms with Gasteiger partial charge in [-0.15, -0.1) is 0 Å². The van der Waals surface area contributed by atoms with Crippen LogP contribution >= 0.6 is 0 Å². The Kier molecular flexibility index (Phi) is 4.60. The predicted octanol–water partition coefficient (Wildman–Crippen LogP) is 1.83. The second-order valence-electron chi connectivity index (χ2n) is 5.25. The van der Waals surface area contributed by atoms with Gasteiger partial charge in [-0.3, -0.25) is 9.59 Å². The first-order chi connectivity index (χ1) is 10.4. The Hall–Kier alpha value is -2.63. The largest absolute Gasteiger partial charge is 0.481 e. The molecule has 2 N–H and O–H groups in total. The average molecular weight is 301 g/mol. The van der Waals surface area contributed by atoms with E-state index in [0.29, 0.717) is 0 Å². The number of amides is 1. The molecule has 1 atom stereocenters. The molecule has 6 heteroatoms. The third-order valence-corrected chi connectivity index (χ3v) is 3.45. The van der Waals surface area contributed by atoms with Gasteiger partial charge in [-0.1, -0.05) is 18.2 Å². The van der Waals surface area contributed by atoms with Crippen LogP contribution in [0.15, 0.2) is 30.3 Å². The Morgan fingerprint density at radius 1 is 1.32 bits per heavy atom. The Morgan fingerprint density at radius 3 is 2.59 bits per heavy atom. The molecule has 1 aromatic carbocycles. The second-order valence-corrected chi connectivity index (χ2v) is 5.25. The fourth-order valence-electron chi connectivity index (χ4n) is 2.19. The molecule has 22 heavy (non-hydrogen) atoms. The van der Waals surface area contributed by atoms with E-state index < -0.39 is 17.8 Å². The first kappa shape index (κ1) is 15.8. The van der Waals surface area contributed by atoms with E-state index in [1.807, 2.05) is 48.9 Å². The van der Waals surface area contributed by atoms with Crippen LogP contribution < -0.4 is 5.32 Å². The van der Waals surface area contributed by atoms with Gasteiger partial charge in [0.25, 0.3) is 0 Å². The average Bonchev–Trinajstić information content (AvgIpc) is 2.82. The van der Waals surface area contributed by atoms with Crippen LogP contribution in [0.3, 0.4) is 0 Å². The molecule has 1 aromatic heterocycles. The van der Waals surface area contributed by atoms with Crippen molar-refractivity contribution in [3.8, 4) is 5.69 Å². The molecule has 0 fully saturated rings. The molecule has 0 aliphatic rings. The molecule has 0 aliphatic carbocycles. The number of para-hydroxylation sites is 1. The third kappa shape index (κ3) is 3.33. The van der Waals surface area contributed by atoms with Gasteiger partial charge in [-0.2, -0.15) is 5.10 Å². The lowest BCUT2D eigenvalue weighted by Gasteiger charge is -2.13. The van der Waals surface area contributed by atoms with Crippen LogP contribution in [-0.4, -0.2) is 26.8 Å². The van der Waals surface area contributed by atoms with Gasteiger partial charge in [0.15, 0.2) is 0 Å². The highest BCUT2D eigenvalue weighted by molar-refractivity contribution is 5.96. The van der Waals surface area contributed by atoms with Crippen LogP contribution in [0.25, 0.3) is 5.69 Å². The van der Waals surface area contributed by atoms with Crippen molar-refractivity contribution < 1.29 is 14.7 Å². The van der Waals surface area contributed by atoms with E-state index in [2.05, 4.69) is 10.4 Å². The van der Waals surface area contributed by atoms with Gasteiger partial charge in [-0.25, -0.2) is 4.68 Å². The van der Waals surface area contributed by atoms with E-state index >= 15 is 0 Å². The fraction of sp³-hybridized carbons (Fsp3) is 0.312. The van der Waals surface area contributed by atoms with Crippen molar-refractivity contribution >= 4 is 11.9 Å². The molecule has 1 unspecified atom stereocenters. The molecule has 0 saturated carbocycles. The Bertz CT molecular complexity index is 706. The molecule has 0 bridgehead atoms. The summed E-state index contributed by atoms with van der Waals surface area (Å²) in [5.74, 6) is -2.71. The van der Waals surface area contributed by atoms with Gasteiger partial charge in [0.05, 0.1) is 11.4 Å². The number of carboxylic acids is 1. The highest BCUT2D eigenvalue weighted by Crippen LogP contribution is 2.17. The Labute approximate surface area is 128 Å². The van der Waals surface area contributed by atoms with E-state index in [1.54, 1.807) is 0 Å². The van der Waals surface area contributed by atoms with E-state index in [4.69, 9.17) is 5.11 Å². The van der Waals surface area contributed by atoms with Gasteiger partial charge in [0, 0.05) is 12.2 Å². The molecule has 6 nitrogen and oxygen atoms in total. The first-order valence-corrected chi connectivity index (χ1v) is 7.02. The Morgan fingerprint density at radius 2 is 2.00 bits per heavy atom. The molecule has 2 aromatic rings. The number of rotatable bonds is 5. The molecule has 0 spiro atoms. The maximum Gasteiger partial charge on any atom is 0.315 e. The summed E-state index contributed by atoms with van der Waals surface area (Å²) < 4.78 is 1.82. The molecule has 2 rings (SSSR count). The van der Waals surface area contributed by atoms with Gasteiger partial charge in [-0.05, 0) is 38.5 Å². The molecular formula is C16H19N3O3. The van der Waals surface area contributed by atoms with Crippen molar-refractivity contribution in [3.05, 3.63) is 47.3 Å². The number of aromatic nitrogens is 2. The van der Waals surface area contributed by atoms with E-state index in [9.17, 15) is 9.59 Å². The lowest BCUT2D eigenvalue weighted by atomic mass is 10.1. The SMILES string of the molecule is Cc1cc(C)n(-c2ccccc2CNC(=O)C(C)C(=O)O)n1. The lowest BCUT2D eigenvalue weighted by molar-refractivity contribution is -0.146. The number of aryl methyl sites for hydroxylation is 2. The van der Waals surface area contributed by atoms with Crippen molar-refractivity contribution in [1.82, 2.24) is 15.1 Å². The third-order valence-electron chi connectivity index (χ3n) is 3.45. The molecule has 1 amide bonds. The molecule has 0 aliphatic heterocycles.